The molecule has 148 valence electrons. The quantitative estimate of drug-likeness (QED) is 0.519. The fraction of sp³-hybridized carbons (Fsp3) is 1.00. The molecule has 1 N–H and O–H groups in total. The predicted octanol–water partition coefficient (Wildman–Crippen LogP) is 1.00. The lowest BCUT2D eigenvalue weighted by atomic mass is 10.4. The smallest absolute Gasteiger partial charge is 0.379 e. The summed E-state index contributed by atoms with van der Waals surface area (Å²) in [6.07, 6.45) is 0. The topological polar surface area (TPSA) is 89.5 Å². The molecule has 0 aromatic carbocycles. The lowest BCUT2D eigenvalue weighted by Gasteiger charge is -2.27. The highest BCUT2D eigenvalue weighted by molar-refractivity contribution is 8.05. The maximum atomic E-state index is 11.5. The average Bonchev–Trinajstić information content (AvgIpc) is 2.33. The van der Waals surface area contributed by atoms with Crippen LogP contribution < -0.4 is 4.13 Å². The van der Waals surface area contributed by atoms with E-state index >= 15 is 0 Å². The summed E-state index contributed by atoms with van der Waals surface area (Å²) < 4.78 is 114. The Labute approximate surface area is 136 Å². The SMILES string of the molecule is CC[N+](C)(C)CCOC.O=S(=O)(NS(=O)(=O)C(F)(F)F)C(F)(F)F. The number of likely N-dealkylation sites (N-methyl/N-ethyl adjacent to an activating group) is 1. The van der Waals surface area contributed by atoms with Crippen LogP contribution in [0.1, 0.15) is 6.92 Å². The van der Waals surface area contributed by atoms with E-state index in [0.717, 1.165) is 17.6 Å². The zero-order valence-corrected chi connectivity index (χ0v) is 14.8. The lowest BCUT2D eigenvalue weighted by Crippen LogP contribution is -2.45. The van der Waals surface area contributed by atoms with Crippen molar-refractivity contribution >= 4 is 20.0 Å². The molecular weight excluding hydrogens is 394 g/mol. The van der Waals surface area contributed by atoms with E-state index in [9.17, 15) is 43.2 Å². The molecule has 7 nitrogen and oxygen atoms in total. The molecule has 0 rings (SSSR count). The number of alkyl halides is 6. The molecule has 0 atom stereocenters. The van der Waals surface area contributed by atoms with Crippen molar-refractivity contribution in [2.24, 2.45) is 0 Å². The van der Waals surface area contributed by atoms with Crippen molar-refractivity contribution < 1.29 is 52.4 Å². The van der Waals surface area contributed by atoms with E-state index in [-0.39, 0.29) is 0 Å². The molecule has 0 radical (unpaired) electrons. The number of halogens is 6. The molecule has 0 bridgehead atoms. The largest absolute Gasteiger partial charge is 0.512 e. The van der Waals surface area contributed by atoms with Crippen LogP contribution in [0.5, 0.6) is 0 Å². The van der Waals surface area contributed by atoms with E-state index in [2.05, 4.69) is 21.0 Å². The number of quaternary nitrogens is 1. The first-order valence-electron chi connectivity index (χ1n) is 6.05. The molecule has 0 spiro atoms. The van der Waals surface area contributed by atoms with Crippen LogP contribution in [0.25, 0.3) is 0 Å². The first kappa shape index (κ1) is 25.6. The van der Waals surface area contributed by atoms with Gasteiger partial charge < -0.3 is 9.22 Å². The number of hydrogen-bond acceptors (Lipinski definition) is 5. The van der Waals surface area contributed by atoms with Gasteiger partial charge in [-0.05, 0) is 6.92 Å². The second-order valence-electron chi connectivity index (χ2n) is 4.95. The van der Waals surface area contributed by atoms with Gasteiger partial charge in [0.1, 0.15) is 6.54 Å². The summed E-state index contributed by atoms with van der Waals surface area (Å²) in [7, 11) is -7.03. The van der Waals surface area contributed by atoms with Crippen LogP contribution in [0.3, 0.4) is 0 Å². The van der Waals surface area contributed by atoms with E-state index in [0.29, 0.717) is 0 Å². The number of nitrogens with zero attached hydrogens (tertiary/aromatic N) is 1. The van der Waals surface area contributed by atoms with Crippen LogP contribution in [0.4, 0.5) is 26.3 Å². The standard InChI is InChI=1S/C7H18NO.C2HF6NO4S2/c1-5-8(2,3)6-7-9-4;3-1(4,5)14(10,11)9-15(12,13)2(6,7)8/h5-7H2,1-4H3;9H/q+1;. The van der Waals surface area contributed by atoms with Gasteiger partial charge in [0.25, 0.3) is 0 Å². The van der Waals surface area contributed by atoms with Crippen LogP contribution in [-0.2, 0) is 24.8 Å². The minimum atomic E-state index is -6.60. The van der Waals surface area contributed by atoms with Crippen LogP contribution in [0, 0.1) is 0 Å². The van der Waals surface area contributed by atoms with Gasteiger partial charge >= 0.3 is 31.1 Å². The van der Waals surface area contributed by atoms with Crippen molar-refractivity contribution in [1.82, 2.24) is 4.13 Å². The Kier molecular flexibility index (Phi) is 9.22. The zero-order chi connectivity index (χ0) is 20.0. The highest BCUT2D eigenvalue weighted by Gasteiger charge is 2.55. The average molecular weight is 413 g/mol. The van der Waals surface area contributed by atoms with Gasteiger partial charge in [-0.25, -0.2) is 16.8 Å². The van der Waals surface area contributed by atoms with E-state index in [1.54, 1.807) is 7.11 Å². The third-order valence-corrected chi connectivity index (χ3v) is 5.56. The molecule has 0 saturated heterocycles. The number of ether oxygens (including phenoxy) is 1. The van der Waals surface area contributed by atoms with Crippen LogP contribution >= 0.6 is 0 Å². The maximum Gasteiger partial charge on any atom is 0.512 e. The molecule has 0 aliphatic rings. The van der Waals surface area contributed by atoms with E-state index in [4.69, 9.17) is 4.74 Å². The normalized spacial score (nSPS) is 14.1. The fourth-order valence-electron chi connectivity index (χ4n) is 0.735. The summed E-state index contributed by atoms with van der Waals surface area (Å²) in [5, 5.41) is 0. The highest BCUT2D eigenvalue weighted by Crippen LogP contribution is 2.27. The summed E-state index contributed by atoms with van der Waals surface area (Å²) >= 11 is 0. The Bertz CT molecular complexity index is 541. The minimum Gasteiger partial charge on any atom is -0.379 e. The van der Waals surface area contributed by atoms with Gasteiger partial charge in [-0.1, -0.05) is 4.13 Å². The molecule has 0 heterocycles. The van der Waals surface area contributed by atoms with Crippen LogP contribution in [-0.4, -0.2) is 73.2 Å². The highest BCUT2D eigenvalue weighted by atomic mass is 32.3. The van der Waals surface area contributed by atoms with Crippen LogP contribution in [0.2, 0.25) is 0 Å². The molecule has 0 amide bonds. The maximum absolute atomic E-state index is 11.5. The van der Waals surface area contributed by atoms with Gasteiger partial charge in [0.2, 0.25) is 0 Å². The molecule has 0 aliphatic carbocycles. The Morgan fingerprint density at radius 1 is 0.917 bits per heavy atom. The van der Waals surface area contributed by atoms with Gasteiger partial charge in [0.15, 0.2) is 0 Å². The Morgan fingerprint density at radius 2 is 1.25 bits per heavy atom. The Hall–Kier alpha value is -0.640. The molecular formula is C9H19F6N2O5S2+. The van der Waals surface area contributed by atoms with E-state index < -0.39 is 35.2 Å². The third kappa shape index (κ3) is 9.00. The fourth-order valence-corrected chi connectivity index (χ4v) is 2.65. The zero-order valence-electron chi connectivity index (χ0n) is 13.2. The van der Waals surface area contributed by atoms with Crippen molar-refractivity contribution in [3.05, 3.63) is 0 Å². The molecule has 0 fully saturated rings. The number of methoxy groups -OCH3 is 1. The molecule has 0 aromatic heterocycles. The van der Waals surface area contributed by atoms with E-state index in [1.807, 2.05) is 0 Å². The summed E-state index contributed by atoms with van der Waals surface area (Å²) in [5.41, 5.74) is -12.3. The second-order valence-corrected chi connectivity index (χ2v) is 8.56. The van der Waals surface area contributed by atoms with E-state index in [1.165, 1.54) is 6.54 Å². The molecule has 24 heavy (non-hydrogen) atoms. The minimum absolute atomic E-state index is 0.493. The second kappa shape index (κ2) is 8.64. The van der Waals surface area contributed by atoms with Gasteiger partial charge in [0.05, 0.1) is 27.2 Å². The van der Waals surface area contributed by atoms with Gasteiger partial charge in [-0.15, -0.1) is 0 Å². The van der Waals surface area contributed by atoms with Crippen molar-refractivity contribution in [3.63, 3.8) is 0 Å². The molecule has 0 saturated carbocycles. The first-order chi connectivity index (χ1) is 10.3. The van der Waals surface area contributed by atoms with Crippen LogP contribution in [0.15, 0.2) is 0 Å². The summed E-state index contributed by atoms with van der Waals surface area (Å²) in [5.74, 6) is 0. The first-order valence-corrected chi connectivity index (χ1v) is 9.01. The van der Waals surface area contributed by atoms with Crippen molar-refractivity contribution in [3.8, 4) is 0 Å². The molecule has 0 unspecified atom stereocenters. The molecule has 0 aliphatic heterocycles. The summed E-state index contributed by atoms with van der Waals surface area (Å²) in [6, 6.07) is 0. The summed E-state index contributed by atoms with van der Waals surface area (Å²) in [4.78, 5) is 0. The Balaban J connectivity index is 0. The number of nitrogens with one attached hydrogen (secondary N) is 1. The van der Waals surface area contributed by atoms with Crippen molar-refractivity contribution in [2.45, 2.75) is 17.9 Å². The monoisotopic (exact) mass is 413 g/mol. The van der Waals surface area contributed by atoms with Crippen molar-refractivity contribution in [2.75, 3.05) is 40.9 Å². The van der Waals surface area contributed by atoms with Gasteiger partial charge in [0, 0.05) is 7.11 Å². The lowest BCUT2D eigenvalue weighted by molar-refractivity contribution is -0.888. The number of hydrogen-bond donors (Lipinski definition) is 1. The third-order valence-electron chi connectivity index (χ3n) is 2.59. The van der Waals surface area contributed by atoms with Crippen molar-refractivity contribution in [1.29, 1.82) is 0 Å². The predicted molar refractivity (Wildman–Crippen MR) is 72.5 cm³/mol. The number of rotatable bonds is 6. The Morgan fingerprint density at radius 3 is 1.46 bits per heavy atom. The molecule has 0 aromatic rings. The number of sulfonamides is 2. The molecule has 15 heteroatoms. The van der Waals surface area contributed by atoms with Gasteiger partial charge in [-0.3, -0.25) is 0 Å². The van der Waals surface area contributed by atoms with Gasteiger partial charge in [-0.2, -0.15) is 26.3 Å². The summed E-state index contributed by atoms with van der Waals surface area (Å²) in [6.45, 7) is 5.33.